The van der Waals surface area contributed by atoms with Crippen molar-refractivity contribution in [3.63, 3.8) is 0 Å². The van der Waals surface area contributed by atoms with Crippen LogP contribution in [-0.4, -0.2) is 4.98 Å². The van der Waals surface area contributed by atoms with Crippen molar-refractivity contribution in [1.82, 2.24) is 10.3 Å². The lowest BCUT2D eigenvalue weighted by Gasteiger charge is -2.23. The minimum absolute atomic E-state index is 0.357. The molecule has 0 aliphatic heterocycles. The van der Waals surface area contributed by atoms with Gasteiger partial charge in [-0.25, -0.2) is 4.98 Å². The van der Waals surface area contributed by atoms with E-state index in [1.165, 1.54) is 10.6 Å². The van der Waals surface area contributed by atoms with Crippen LogP contribution in [0.3, 0.4) is 0 Å². The molecule has 2 nitrogen and oxygen atoms in total. The Morgan fingerprint density at radius 3 is 2.39 bits per heavy atom. The molecule has 2 aromatic rings. The Morgan fingerprint density at radius 1 is 1.11 bits per heavy atom. The second kappa shape index (κ2) is 6.66. The van der Waals surface area contributed by atoms with Gasteiger partial charge in [0.05, 0.1) is 6.04 Å². The zero-order valence-electron chi connectivity index (χ0n) is 11.0. The van der Waals surface area contributed by atoms with E-state index in [1.807, 2.05) is 11.6 Å². The zero-order chi connectivity index (χ0) is 12.8. The summed E-state index contributed by atoms with van der Waals surface area (Å²) >= 11 is 1.73. The maximum atomic E-state index is 4.42. The lowest BCUT2D eigenvalue weighted by atomic mass is 10.0. The summed E-state index contributed by atoms with van der Waals surface area (Å²) in [6.45, 7) is 4.43. The zero-order valence-corrected chi connectivity index (χ0v) is 11.8. The van der Waals surface area contributed by atoms with Crippen molar-refractivity contribution >= 4 is 11.3 Å². The number of hydrogen-bond donors (Lipinski definition) is 1. The van der Waals surface area contributed by atoms with Gasteiger partial charge in [0.2, 0.25) is 0 Å². The summed E-state index contributed by atoms with van der Waals surface area (Å²) in [6, 6.07) is 11.4. The van der Waals surface area contributed by atoms with E-state index >= 15 is 0 Å². The van der Waals surface area contributed by atoms with Gasteiger partial charge in [-0.3, -0.25) is 0 Å². The molecule has 1 N–H and O–H groups in total. The minimum Gasteiger partial charge on any atom is -0.301 e. The Hall–Kier alpha value is -1.19. The van der Waals surface area contributed by atoms with Crippen LogP contribution in [0, 0.1) is 0 Å². The van der Waals surface area contributed by atoms with Gasteiger partial charge in [0.1, 0.15) is 5.01 Å². The van der Waals surface area contributed by atoms with Crippen LogP contribution >= 0.6 is 11.3 Å². The first-order valence-corrected chi connectivity index (χ1v) is 7.43. The monoisotopic (exact) mass is 260 g/mol. The SMILES string of the molecule is CCC(NC(CC)c1nccs1)c1ccccc1. The number of thiazole rings is 1. The molecule has 0 amide bonds. The smallest absolute Gasteiger partial charge is 0.109 e. The Bertz CT molecular complexity index is 439. The number of hydrogen-bond acceptors (Lipinski definition) is 3. The Morgan fingerprint density at radius 2 is 1.83 bits per heavy atom. The molecule has 2 atom stereocenters. The largest absolute Gasteiger partial charge is 0.301 e. The molecule has 0 saturated heterocycles. The quantitative estimate of drug-likeness (QED) is 0.836. The lowest BCUT2D eigenvalue weighted by molar-refractivity contribution is 0.425. The van der Waals surface area contributed by atoms with E-state index in [-0.39, 0.29) is 0 Å². The topological polar surface area (TPSA) is 24.9 Å². The molecule has 0 radical (unpaired) electrons. The summed E-state index contributed by atoms with van der Waals surface area (Å²) in [5, 5.41) is 6.95. The van der Waals surface area contributed by atoms with Crippen molar-refractivity contribution in [2.24, 2.45) is 0 Å². The van der Waals surface area contributed by atoms with Crippen LogP contribution in [0.25, 0.3) is 0 Å². The van der Waals surface area contributed by atoms with Gasteiger partial charge in [-0.2, -0.15) is 0 Å². The van der Waals surface area contributed by atoms with Crippen molar-refractivity contribution in [1.29, 1.82) is 0 Å². The average Bonchev–Trinajstić information content (AvgIpc) is 2.95. The summed E-state index contributed by atoms with van der Waals surface area (Å²) in [5.74, 6) is 0. The van der Waals surface area contributed by atoms with Crippen molar-refractivity contribution in [3.8, 4) is 0 Å². The van der Waals surface area contributed by atoms with E-state index in [1.54, 1.807) is 11.3 Å². The Kier molecular flexibility index (Phi) is 4.90. The van der Waals surface area contributed by atoms with Crippen molar-refractivity contribution in [2.45, 2.75) is 38.8 Å². The molecule has 0 aliphatic carbocycles. The standard InChI is InChI=1S/C15H20N2S/c1-3-13(12-8-6-5-7-9-12)17-14(4-2)15-16-10-11-18-15/h5-11,13-14,17H,3-4H2,1-2H3. The lowest BCUT2D eigenvalue weighted by Crippen LogP contribution is -2.25. The van der Waals surface area contributed by atoms with Crippen LogP contribution in [0.2, 0.25) is 0 Å². The summed E-state index contributed by atoms with van der Waals surface area (Å²) in [7, 11) is 0. The fraction of sp³-hybridized carbons (Fsp3) is 0.400. The molecule has 2 rings (SSSR count). The molecule has 1 aromatic heterocycles. The van der Waals surface area contributed by atoms with E-state index < -0.39 is 0 Å². The first-order chi connectivity index (χ1) is 8.85. The second-order valence-corrected chi connectivity index (χ2v) is 5.30. The summed E-state index contributed by atoms with van der Waals surface area (Å²) in [6.07, 6.45) is 4.04. The molecule has 0 aliphatic rings. The molecule has 1 heterocycles. The number of nitrogens with one attached hydrogen (secondary N) is 1. The summed E-state index contributed by atoms with van der Waals surface area (Å²) in [5.41, 5.74) is 1.36. The molecule has 1 aromatic carbocycles. The number of benzene rings is 1. The van der Waals surface area contributed by atoms with Crippen LogP contribution < -0.4 is 5.32 Å². The van der Waals surface area contributed by atoms with Gasteiger partial charge in [-0.05, 0) is 18.4 Å². The summed E-state index contributed by atoms with van der Waals surface area (Å²) in [4.78, 5) is 4.42. The fourth-order valence-electron chi connectivity index (χ4n) is 2.15. The first-order valence-electron chi connectivity index (χ1n) is 6.55. The third-order valence-corrected chi connectivity index (χ3v) is 4.06. The molecule has 0 fully saturated rings. The van der Waals surface area contributed by atoms with Crippen LogP contribution in [-0.2, 0) is 0 Å². The molecule has 3 heteroatoms. The molecule has 96 valence electrons. The molecular weight excluding hydrogens is 240 g/mol. The normalized spacial score (nSPS) is 14.3. The van der Waals surface area contributed by atoms with E-state index in [4.69, 9.17) is 0 Å². The van der Waals surface area contributed by atoms with Gasteiger partial charge in [0.15, 0.2) is 0 Å². The van der Waals surface area contributed by atoms with Gasteiger partial charge in [-0.1, -0.05) is 44.2 Å². The summed E-state index contributed by atoms with van der Waals surface area (Å²) < 4.78 is 0. The Balaban J connectivity index is 2.10. The van der Waals surface area contributed by atoms with Gasteiger partial charge in [0.25, 0.3) is 0 Å². The van der Waals surface area contributed by atoms with Crippen LogP contribution in [0.1, 0.15) is 49.3 Å². The molecule has 0 bridgehead atoms. The van der Waals surface area contributed by atoms with E-state index in [2.05, 4.69) is 54.5 Å². The maximum absolute atomic E-state index is 4.42. The average molecular weight is 260 g/mol. The predicted octanol–water partition coefficient (Wildman–Crippen LogP) is 4.34. The highest BCUT2D eigenvalue weighted by Crippen LogP contribution is 2.25. The van der Waals surface area contributed by atoms with Crippen molar-refractivity contribution in [3.05, 3.63) is 52.5 Å². The predicted molar refractivity (Wildman–Crippen MR) is 77.8 cm³/mol. The highest BCUT2D eigenvalue weighted by Gasteiger charge is 2.17. The molecule has 2 unspecified atom stereocenters. The highest BCUT2D eigenvalue weighted by molar-refractivity contribution is 7.09. The minimum atomic E-state index is 0.357. The van der Waals surface area contributed by atoms with Gasteiger partial charge < -0.3 is 5.32 Å². The second-order valence-electron chi connectivity index (χ2n) is 4.37. The van der Waals surface area contributed by atoms with Crippen LogP contribution in [0.4, 0.5) is 0 Å². The van der Waals surface area contributed by atoms with E-state index in [0.717, 1.165) is 12.8 Å². The number of rotatable bonds is 6. The van der Waals surface area contributed by atoms with E-state index in [9.17, 15) is 0 Å². The van der Waals surface area contributed by atoms with Crippen molar-refractivity contribution < 1.29 is 0 Å². The third kappa shape index (κ3) is 3.18. The van der Waals surface area contributed by atoms with Gasteiger partial charge in [0, 0.05) is 17.6 Å². The maximum Gasteiger partial charge on any atom is 0.109 e. The molecule has 0 spiro atoms. The van der Waals surface area contributed by atoms with Crippen LogP contribution in [0.5, 0.6) is 0 Å². The first kappa shape index (κ1) is 13.2. The molecule has 18 heavy (non-hydrogen) atoms. The third-order valence-electron chi connectivity index (χ3n) is 3.17. The number of nitrogens with zero attached hydrogens (tertiary/aromatic N) is 1. The molecule has 0 saturated carbocycles. The Labute approximate surface area is 113 Å². The van der Waals surface area contributed by atoms with Gasteiger partial charge >= 0.3 is 0 Å². The molecular formula is C15H20N2S. The van der Waals surface area contributed by atoms with Crippen LogP contribution in [0.15, 0.2) is 41.9 Å². The number of aromatic nitrogens is 1. The highest BCUT2D eigenvalue weighted by atomic mass is 32.1. The van der Waals surface area contributed by atoms with E-state index in [0.29, 0.717) is 12.1 Å². The van der Waals surface area contributed by atoms with Crippen molar-refractivity contribution in [2.75, 3.05) is 0 Å². The fourth-order valence-corrected chi connectivity index (χ4v) is 2.93. The van der Waals surface area contributed by atoms with Gasteiger partial charge in [-0.15, -0.1) is 11.3 Å².